The molecule has 0 aromatic carbocycles. The van der Waals surface area contributed by atoms with Gasteiger partial charge in [-0.25, -0.2) is 0 Å². The molecule has 0 bridgehead atoms. The largest absolute Gasteiger partial charge is 1.00 e. The van der Waals surface area contributed by atoms with Gasteiger partial charge in [0.2, 0.25) is 0 Å². The first-order chi connectivity index (χ1) is 2.00. The molecule has 0 amide bonds. The zero-order chi connectivity index (χ0) is 4.50. The average Bonchev–Trinajstić information content (AvgIpc) is 0.722. The maximum Gasteiger partial charge on any atom is 1.00 e. The molecule has 0 aliphatic rings. The van der Waals surface area contributed by atoms with Crippen molar-refractivity contribution in [1.29, 1.82) is 0 Å². The second kappa shape index (κ2) is 5.52. The van der Waals surface area contributed by atoms with Crippen molar-refractivity contribution < 1.29 is 49.4 Å². The first-order valence-corrected chi connectivity index (χ1v) is 4.39. The van der Waals surface area contributed by atoms with Gasteiger partial charge in [-0.3, -0.25) is 0 Å². The van der Waals surface area contributed by atoms with Gasteiger partial charge in [-0.1, -0.05) is 0 Å². The fourth-order valence-electron chi connectivity index (χ4n) is 0. The maximum atomic E-state index is 9.16. The number of hydrogen-bond donors (Lipinski definition) is 1. The number of hydrogen-bond acceptors (Lipinski definition) is 2. The van der Waals surface area contributed by atoms with Crippen LogP contribution >= 0.6 is 0 Å². The van der Waals surface area contributed by atoms with Crippen LogP contribution in [0, 0.1) is 0 Å². The quantitative estimate of drug-likeness (QED) is 0.316. The molecule has 4 nitrogen and oxygen atoms in total. The van der Waals surface area contributed by atoms with E-state index >= 15 is 0 Å². The predicted octanol–water partition coefficient (Wildman–Crippen LogP) is -5.02. The molecule has 0 spiro atoms. The van der Waals surface area contributed by atoms with Gasteiger partial charge >= 0.3 is 66.0 Å². The summed E-state index contributed by atoms with van der Waals surface area (Å²) >= 11 is 1.11. The topological polar surface area (TPSA) is 85.9 Å². The van der Waals surface area contributed by atoms with Crippen LogP contribution in [-0.2, 0) is 8.54 Å². The summed E-state index contributed by atoms with van der Waals surface area (Å²) < 4.78 is 25.8. The van der Waals surface area contributed by atoms with E-state index in [-0.39, 0.29) is 36.5 Å². The van der Waals surface area contributed by atoms with Crippen LogP contribution in [0.5, 0.6) is 0 Å². The third kappa shape index (κ3) is 111. The van der Waals surface area contributed by atoms with Crippen molar-refractivity contribution in [1.82, 2.24) is 0 Å². The standard InChI is InChI=1S/Na.H2O3SSe.H2O.H/c;1-4(2,3)5;;/h;(H2,1,2,3,5);1H2;/q+1;;;-1. The monoisotopic (exact) mass is 204 g/mol. The maximum absolute atomic E-state index is 9.16. The molecular weight excluding hydrogens is 198 g/mol. The fraction of sp³-hybridized carbons (Fsp3) is 0. The van der Waals surface area contributed by atoms with Crippen LogP contribution < -0.4 is 29.6 Å². The Morgan fingerprint density at radius 3 is 1.57 bits per heavy atom. The molecule has 7 heteroatoms. The van der Waals surface area contributed by atoms with E-state index in [2.05, 4.69) is 0 Å². The smallest absolute Gasteiger partial charge is 1.00 e. The van der Waals surface area contributed by atoms with Crippen molar-refractivity contribution in [2.24, 2.45) is 0 Å². The minimum Gasteiger partial charge on any atom is -1.00 e. The SMILES string of the molecule is O.O=S(=O)(O)[SeH].[H-].[Na+]. The minimum atomic E-state index is -3.73. The van der Waals surface area contributed by atoms with Crippen LogP contribution in [0.2, 0.25) is 0 Å². The summed E-state index contributed by atoms with van der Waals surface area (Å²) in [6, 6.07) is 0. The van der Waals surface area contributed by atoms with Crippen LogP contribution in [0.25, 0.3) is 0 Å². The average molecular weight is 203 g/mol. The van der Waals surface area contributed by atoms with E-state index in [0.717, 1.165) is 14.9 Å². The molecule has 0 unspecified atom stereocenters. The van der Waals surface area contributed by atoms with E-state index in [1.54, 1.807) is 0 Å². The first-order valence-electron chi connectivity index (χ1n) is 0.698. The molecule has 0 aromatic rings. The second-order valence-corrected chi connectivity index (χ2v) is 4.25. The normalized spacial score (nSPS) is 8.29. The van der Waals surface area contributed by atoms with Crippen molar-refractivity contribution in [3.8, 4) is 0 Å². The summed E-state index contributed by atoms with van der Waals surface area (Å²) in [6.45, 7) is 0. The third-order valence-corrected chi connectivity index (χ3v) is 0. The zero-order valence-electron chi connectivity index (χ0n) is 4.62. The van der Waals surface area contributed by atoms with E-state index < -0.39 is 8.54 Å². The Bertz CT molecular complexity index is 99.2. The summed E-state index contributed by atoms with van der Waals surface area (Å²) in [5.41, 5.74) is 0. The Morgan fingerprint density at radius 2 is 1.57 bits per heavy atom. The van der Waals surface area contributed by atoms with Crippen LogP contribution in [0.3, 0.4) is 0 Å². The van der Waals surface area contributed by atoms with Gasteiger partial charge in [-0.05, 0) is 0 Å². The van der Waals surface area contributed by atoms with Gasteiger partial charge in [-0.15, -0.1) is 0 Å². The molecule has 0 fully saturated rings. The molecule has 0 aliphatic carbocycles. The Labute approximate surface area is 72.4 Å². The van der Waals surface area contributed by atoms with Crippen molar-refractivity contribution in [3.05, 3.63) is 0 Å². The molecule has 0 atom stereocenters. The Balaban J connectivity index is -0.0000000267. The molecule has 0 heterocycles. The van der Waals surface area contributed by atoms with E-state index in [1.807, 2.05) is 0 Å². The predicted molar refractivity (Wildman–Crippen MR) is 23.4 cm³/mol. The second-order valence-electron chi connectivity index (χ2n) is 0.448. The molecule has 3 N–H and O–H groups in total. The van der Waals surface area contributed by atoms with Crippen LogP contribution in [0.15, 0.2) is 0 Å². The molecule has 42 valence electrons. The van der Waals surface area contributed by atoms with Crippen molar-refractivity contribution >= 4 is 23.4 Å². The fourth-order valence-corrected chi connectivity index (χ4v) is 0. The van der Waals surface area contributed by atoms with E-state index in [1.165, 1.54) is 0 Å². The van der Waals surface area contributed by atoms with Gasteiger partial charge in [0, 0.05) is 0 Å². The summed E-state index contributed by atoms with van der Waals surface area (Å²) in [5, 5.41) is 0. The molecular formula is H5NaO4SSe. The van der Waals surface area contributed by atoms with E-state index in [0.29, 0.717) is 0 Å². The third-order valence-electron chi connectivity index (χ3n) is 0. The summed E-state index contributed by atoms with van der Waals surface area (Å²) in [6.07, 6.45) is 0. The van der Waals surface area contributed by atoms with Gasteiger partial charge in [0.25, 0.3) is 0 Å². The van der Waals surface area contributed by atoms with Gasteiger partial charge in [0.15, 0.2) is 0 Å². The van der Waals surface area contributed by atoms with Gasteiger partial charge in [-0.2, -0.15) is 0 Å². The van der Waals surface area contributed by atoms with Crippen LogP contribution in [0.1, 0.15) is 1.43 Å². The molecule has 0 aliphatic heterocycles. The molecule has 0 saturated carbocycles. The summed E-state index contributed by atoms with van der Waals surface area (Å²) in [5.74, 6) is 0. The van der Waals surface area contributed by atoms with Crippen LogP contribution in [0.4, 0.5) is 0 Å². The zero-order valence-corrected chi connectivity index (χ0v) is 8.31. The minimum absolute atomic E-state index is 0. The van der Waals surface area contributed by atoms with Gasteiger partial charge in [0.1, 0.15) is 0 Å². The molecule has 7 heavy (non-hydrogen) atoms. The molecule has 0 rings (SSSR count). The summed E-state index contributed by atoms with van der Waals surface area (Å²) in [7, 11) is -3.73. The molecule has 0 radical (unpaired) electrons. The first kappa shape index (κ1) is 15.8. The van der Waals surface area contributed by atoms with Gasteiger partial charge in [0.05, 0.1) is 0 Å². The number of rotatable bonds is 0. The Kier molecular flexibility index (Phi) is 12.4. The Hall–Kier alpha value is 1.39. The molecule has 0 saturated heterocycles. The van der Waals surface area contributed by atoms with Gasteiger partial charge < -0.3 is 6.90 Å². The van der Waals surface area contributed by atoms with Crippen molar-refractivity contribution in [3.63, 3.8) is 0 Å². The molecule has 0 aromatic heterocycles. The van der Waals surface area contributed by atoms with Crippen molar-refractivity contribution in [2.75, 3.05) is 0 Å². The van der Waals surface area contributed by atoms with E-state index in [4.69, 9.17) is 13.0 Å². The Morgan fingerprint density at radius 1 is 1.57 bits per heavy atom. The van der Waals surface area contributed by atoms with E-state index in [9.17, 15) is 0 Å². The van der Waals surface area contributed by atoms with Crippen LogP contribution in [-0.4, -0.2) is 33.3 Å². The summed E-state index contributed by atoms with van der Waals surface area (Å²) in [4.78, 5) is 0. The van der Waals surface area contributed by atoms with Crippen molar-refractivity contribution in [2.45, 2.75) is 0 Å².